The molecular weight excluding hydrogens is 286 g/mol. The Morgan fingerprint density at radius 1 is 1.24 bits per heavy atom. The molecule has 21 heavy (non-hydrogen) atoms. The van der Waals surface area contributed by atoms with Crippen LogP contribution in [0.2, 0.25) is 0 Å². The van der Waals surface area contributed by atoms with E-state index in [0.29, 0.717) is 12.5 Å². The van der Waals surface area contributed by atoms with E-state index in [2.05, 4.69) is 20.6 Å². The van der Waals surface area contributed by atoms with Crippen molar-refractivity contribution in [2.24, 2.45) is 0 Å². The molecule has 3 heterocycles. The Morgan fingerprint density at radius 3 is 3.05 bits per heavy atom. The van der Waals surface area contributed by atoms with Crippen molar-refractivity contribution in [3.8, 4) is 5.75 Å². The van der Waals surface area contributed by atoms with Gasteiger partial charge in [0.2, 0.25) is 0 Å². The Balaban J connectivity index is 1.92. The van der Waals surface area contributed by atoms with Crippen LogP contribution in [0.5, 0.6) is 5.75 Å². The van der Waals surface area contributed by atoms with Crippen molar-refractivity contribution in [3.05, 3.63) is 54.0 Å². The first-order valence-corrected chi connectivity index (χ1v) is 7.51. The molecule has 0 amide bonds. The minimum atomic E-state index is 0.110. The van der Waals surface area contributed by atoms with E-state index in [9.17, 15) is 0 Å². The number of aryl methyl sites for hydroxylation is 1. The molecule has 0 saturated heterocycles. The molecule has 5 heteroatoms. The first-order chi connectivity index (χ1) is 10.4. The molecule has 0 saturated carbocycles. The number of hydrogen-bond acceptors (Lipinski definition) is 3. The molecule has 1 aromatic carbocycles. The predicted molar refractivity (Wildman–Crippen MR) is 82.0 cm³/mol. The third-order valence-electron chi connectivity index (χ3n) is 3.83. The number of rotatable bonds is 3. The fourth-order valence-corrected chi connectivity index (χ4v) is 3.09. The van der Waals surface area contributed by atoms with Crippen LogP contribution in [0.1, 0.15) is 17.4 Å². The van der Waals surface area contributed by atoms with Crippen molar-refractivity contribution >= 4 is 22.8 Å². The van der Waals surface area contributed by atoms with Gasteiger partial charge in [-0.2, -0.15) is 0 Å². The van der Waals surface area contributed by atoms with Crippen LogP contribution in [-0.2, 0) is 6.42 Å². The Kier molecular flexibility index (Phi) is 3.04. The van der Waals surface area contributed by atoms with Gasteiger partial charge in [0.15, 0.2) is 5.65 Å². The molecule has 0 fully saturated rings. The molecule has 0 aliphatic carbocycles. The maximum absolute atomic E-state index is 5.94. The highest BCUT2D eigenvalue weighted by Crippen LogP contribution is 2.36. The van der Waals surface area contributed by atoms with Crippen LogP contribution in [0, 0.1) is 0 Å². The van der Waals surface area contributed by atoms with Gasteiger partial charge in [-0.25, -0.2) is 9.97 Å². The van der Waals surface area contributed by atoms with Crippen LogP contribution in [0.3, 0.4) is 0 Å². The second kappa shape index (κ2) is 5.04. The lowest BCUT2D eigenvalue weighted by molar-refractivity contribution is 0.316. The zero-order chi connectivity index (χ0) is 14.2. The van der Waals surface area contributed by atoms with E-state index in [-0.39, 0.29) is 6.04 Å². The maximum atomic E-state index is 5.94. The van der Waals surface area contributed by atoms with Crippen LogP contribution in [0.4, 0.5) is 0 Å². The molecule has 0 N–H and O–H groups in total. The summed E-state index contributed by atoms with van der Waals surface area (Å²) >= 11 is 5.94. The van der Waals surface area contributed by atoms with Crippen molar-refractivity contribution in [1.29, 1.82) is 0 Å². The lowest BCUT2D eigenvalue weighted by Gasteiger charge is -2.14. The van der Waals surface area contributed by atoms with E-state index in [1.54, 1.807) is 6.20 Å². The Hall–Kier alpha value is -2.07. The van der Waals surface area contributed by atoms with E-state index in [0.717, 1.165) is 29.2 Å². The van der Waals surface area contributed by atoms with Gasteiger partial charge < -0.3 is 9.30 Å². The summed E-state index contributed by atoms with van der Waals surface area (Å²) in [5, 5.41) is 0. The third-order valence-corrected chi connectivity index (χ3v) is 4.02. The lowest BCUT2D eigenvalue weighted by Crippen LogP contribution is -2.16. The molecule has 1 aliphatic rings. The number of imidazole rings is 1. The highest BCUT2D eigenvalue weighted by Gasteiger charge is 2.29. The SMILES string of the molecule is ClCCc1nc2cccnc2n1C1COc2ccccc21. The fourth-order valence-electron chi connectivity index (χ4n) is 2.92. The number of pyridine rings is 1. The topological polar surface area (TPSA) is 39.9 Å². The van der Waals surface area contributed by atoms with Gasteiger partial charge in [-0.05, 0) is 18.2 Å². The summed E-state index contributed by atoms with van der Waals surface area (Å²) in [6, 6.07) is 12.1. The summed E-state index contributed by atoms with van der Waals surface area (Å²) in [5.41, 5.74) is 2.98. The van der Waals surface area contributed by atoms with Gasteiger partial charge in [-0.1, -0.05) is 18.2 Å². The number of ether oxygens (including phenoxy) is 1. The molecule has 2 aromatic heterocycles. The number of fused-ring (bicyclic) bond motifs is 2. The zero-order valence-electron chi connectivity index (χ0n) is 11.4. The minimum absolute atomic E-state index is 0.110. The van der Waals surface area contributed by atoms with Crippen LogP contribution in [0.15, 0.2) is 42.6 Å². The minimum Gasteiger partial charge on any atom is -0.491 e. The molecule has 0 radical (unpaired) electrons. The van der Waals surface area contributed by atoms with Crippen molar-refractivity contribution in [3.63, 3.8) is 0 Å². The van der Waals surface area contributed by atoms with E-state index in [1.165, 1.54) is 5.56 Å². The molecule has 0 spiro atoms. The number of halogens is 1. The van der Waals surface area contributed by atoms with Crippen molar-refractivity contribution in [2.45, 2.75) is 12.5 Å². The fraction of sp³-hybridized carbons (Fsp3) is 0.250. The van der Waals surface area contributed by atoms with Crippen molar-refractivity contribution in [1.82, 2.24) is 14.5 Å². The molecule has 0 bridgehead atoms. The molecule has 4 rings (SSSR count). The van der Waals surface area contributed by atoms with E-state index < -0.39 is 0 Å². The van der Waals surface area contributed by atoms with E-state index in [4.69, 9.17) is 16.3 Å². The number of benzene rings is 1. The van der Waals surface area contributed by atoms with E-state index in [1.807, 2.05) is 30.3 Å². The average Bonchev–Trinajstić information content (AvgIpc) is 3.08. The zero-order valence-corrected chi connectivity index (χ0v) is 12.1. The molecule has 1 aliphatic heterocycles. The lowest BCUT2D eigenvalue weighted by atomic mass is 10.1. The molecule has 106 valence electrons. The summed E-state index contributed by atoms with van der Waals surface area (Å²) in [4.78, 5) is 9.18. The number of hydrogen-bond donors (Lipinski definition) is 0. The number of alkyl halides is 1. The summed E-state index contributed by atoms with van der Waals surface area (Å²) in [6.45, 7) is 0.608. The highest BCUT2D eigenvalue weighted by molar-refractivity contribution is 6.17. The third kappa shape index (κ3) is 1.98. The van der Waals surface area contributed by atoms with Crippen LogP contribution < -0.4 is 4.74 Å². The van der Waals surface area contributed by atoms with Crippen molar-refractivity contribution < 1.29 is 4.74 Å². The smallest absolute Gasteiger partial charge is 0.160 e. The summed E-state index contributed by atoms with van der Waals surface area (Å²) in [6.07, 6.45) is 2.52. The van der Waals surface area contributed by atoms with E-state index >= 15 is 0 Å². The molecule has 3 aromatic rings. The second-order valence-electron chi connectivity index (χ2n) is 5.05. The normalized spacial score (nSPS) is 16.9. The monoisotopic (exact) mass is 299 g/mol. The standard InChI is InChI=1S/C16H14ClN3O/c17-8-7-15-19-12-5-3-9-18-16(12)20(15)13-10-21-14-6-2-1-4-11(13)14/h1-6,9,13H,7-8,10H2. The Morgan fingerprint density at radius 2 is 2.14 bits per heavy atom. The van der Waals surface area contributed by atoms with Gasteiger partial charge in [0, 0.05) is 24.1 Å². The van der Waals surface area contributed by atoms with Gasteiger partial charge in [0.05, 0.1) is 6.04 Å². The summed E-state index contributed by atoms with van der Waals surface area (Å²) in [5.74, 6) is 2.44. The number of para-hydroxylation sites is 1. The Bertz CT molecular complexity index is 799. The predicted octanol–water partition coefficient (Wildman–Crippen LogP) is 3.19. The first kappa shape index (κ1) is 12.7. The number of nitrogens with zero attached hydrogens (tertiary/aromatic N) is 3. The molecule has 4 nitrogen and oxygen atoms in total. The van der Waals surface area contributed by atoms with Gasteiger partial charge in [-0.15, -0.1) is 11.6 Å². The van der Waals surface area contributed by atoms with Crippen LogP contribution >= 0.6 is 11.6 Å². The molecule has 1 unspecified atom stereocenters. The average molecular weight is 300 g/mol. The number of aromatic nitrogens is 3. The summed E-state index contributed by atoms with van der Waals surface area (Å²) in [7, 11) is 0. The first-order valence-electron chi connectivity index (χ1n) is 6.98. The summed E-state index contributed by atoms with van der Waals surface area (Å²) < 4.78 is 7.98. The molecule has 1 atom stereocenters. The van der Waals surface area contributed by atoms with Crippen LogP contribution in [-0.4, -0.2) is 27.0 Å². The van der Waals surface area contributed by atoms with Crippen LogP contribution in [0.25, 0.3) is 11.2 Å². The highest BCUT2D eigenvalue weighted by atomic mass is 35.5. The molecular formula is C16H14ClN3O. The maximum Gasteiger partial charge on any atom is 0.160 e. The second-order valence-corrected chi connectivity index (χ2v) is 5.43. The largest absolute Gasteiger partial charge is 0.491 e. The Labute approximate surface area is 127 Å². The quantitative estimate of drug-likeness (QED) is 0.697. The van der Waals surface area contributed by atoms with Crippen molar-refractivity contribution in [2.75, 3.05) is 12.5 Å². The van der Waals surface area contributed by atoms with Gasteiger partial charge in [0.25, 0.3) is 0 Å². The van der Waals surface area contributed by atoms with Gasteiger partial charge in [-0.3, -0.25) is 0 Å². The van der Waals surface area contributed by atoms with Gasteiger partial charge in [0.1, 0.15) is 23.7 Å². The van der Waals surface area contributed by atoms with Gasteiger partial charge >= 0.3 is 0 Å².